The Morgan fingerprint density at radius 2 is 2.03 bits per heavy atom. The number of esters is 2. The van der Waals surface area contributed by atoms with Crippen molar-refractivity contribution in [3.05, 3.63) is 34.2 Å². The topological polar surface area (TPSA) is 129 Å². The smallest absolute Gasteiger partial charge is 0.341 e. The zero-order valence-corrected chi connectivity index (χ0v) is 19.2. The summed E-state index contributed by atoms with van der Waals surface area (Å²) in [7, 11) is 0. The fourth-order valence-electron chi connectivity index (χ4n) is 6.97. The van der Waals surface area contributed by atoms with Crippen LogP contribution >= 0.6 is 0 Å². The van der Waals surface area contributed by atoms with Crippen molar-refractivity contribution >= 4 is 17.8 Å². The minimum atomic E-state index is -1.88. The zero-order chi connectivity index (χ0) is 24.1. The third kappa shape index (κ3) is 3.75. The van der Waals surface area contributed by atoms with Gasteiger partial charge in [-0.2, -0.15) is 0 Å². The number of aliphatic hydroxyl groups excluding tert-OH is 1. The van der Waals surface area contributed by atoms with Crippen molar-refractivity contribution in [1.29, 1.82) is 0 Å². The summed E-state index contributed by atoms with van der Waals surface area (Å²) in [6.07, 6.45) is 4.52. The highest BCUT2D eigenvalue weighted by Crippen LogP contribution is 2.60. The highest BCUT2D eigenvalue weighted by Gasteiger charge is 2.54. The summed E-state index contributed by atoms with van der Waals surface area (Å²) in [6.45, 7) is 1.84. The molecule has 4 aliphatic rings. The molecular formula is C25H29NO8. The summed E-state index contributed by atoms with van der Waals surface area (Å²) >= 11 is 0. The fourth-order valence-corrected chi connectivity index (χ4v) is 6.97. The molecule has 9 heteroatoms. The number of nitrogens with zero attached hydrogens (tertiary/aromatic N) is 1. The zero-order valence-electron chi connectivity index (χ0n) is 19.2. The monoisotopic (exact) mass is 471 g/mol. The van der Waals surface area contributed by atoms with E-state index in [0.717, 1.165) is 44.1 Å². The average Bonchev–Trinajstić information content (AvgIpc) is 3.31. The van der Waals surface area contributed by atoms with Crippen LogP contribution < -0.4 is 4.74 Å². The lowest BCUT2D eigenvalue weighted by atomic mass is 9.55. The second-order valence-corrected chi connectivity index (χ2v) is 10.4. The Morgan fingerprint density at radius 3 is 2.76 bits per heavy atom. The molecule has 3 fully saturated rings. The Hall–Kier alpha value is -2.65. The molecule has 3 aliphatic carbocycles. The van der Waals surface area contributed by atoms with Gasteiger partial charge in [-0.1, -0.05) is 13.0 Å². The standard InChI is InChI=1S/C25H29NO8/c1-24-9-8-17-16-5-3-15(10-14(16)2-4-18(17)19(24)6-7-20(24)27)34-22(29)12-25(11-21(28)26-31)23(30)32-13-33-25/h3,5,10,17-20,27H,2,4,6-9,11-13H2,1H3/t17?,18?,19?,20-,24-,25?/m0/s1. The predicted octanol–water partition coefficient (Wildman–Crippen LogP) is 3.15. The van der Waals surface area contributed by atoms with E-state index < -0.39 is 43.1 Å². The van der Waals surface area contributed by atoms with E-state index in [0.29, 0.717) is 23.5 Å². The second-order valence-electron chi connectivity index (χ2n) is 10.4. The summed E-state index contributed by atoms with van der Waals surface area (Å²) in [5.41, 5.74) is 0.583. The Kier molecular flexibility index (Phi) is 5.80. The molecule has 0 bridgehead atoms. The number of aliphatic hydroxyl groups is 1. The average molecular weight is 472 g/mol. The summed E-state index contributed by atoms with van der Waals surface area (Å²) < 4.78 is 15.5. The molecule has 6 atom stereocenters. The van der Waals surface area contributed by atoms with Crippen LogP contribution in [-0.2, 0) is 30.3 Å². The number of hydrogen-bond donors (Lipinski definition) is 1. The van der Waals surface area contributed by atoms with Gasteiger partial charge in [-0.05, 0) is 85.0 Å². The molecule has 2 saturated carbocycles. The minimum absolute atomic E-state index is 0.0221. The van der Waals surface area contributed by atoms with E-state index >= 15 is 0 Å². The number of amides is 1. The van der Waals surface area contributed by atoms with Gasteiger partial charge < -0.3 is 19.3 Å². The molecule has 0 aromatic heterocycles. The van der Waals surface area contributed by atoms with Crippen LogP contribution in [0.15, 0.2) is 23.4 Å². The summed E-state index contributed by atoms with van der Waals surface area (Å²) in [5, 5.41) is 12.9. The van der Waals surface area contributed by atoms with Crippen LogP contribution in [0.1, 0.15) is 68.9 Å². The van der Waals surface area contributed by atoms with E-state index in [9.17, 15) is 24.4 Å². The van der Waals surface area contributed by atoms with Crippen molar-refractivity contribution in [3.8, 4) is 5.75 Å². The first kappa shape index (κ1) is 23.1. The number of cyclic esters (lactones) is 1. The number of hydrogen-bond acceptors (Lipinski definition) is 8. The predicted molar refractivity (Wildman–Crippen MR) is 118 cm³/mol. The molecule has 1 aromatic rings. The molecule has 1 aliphatic heterocycles. The number of aryl methyl sites for hydroxylation is 1. The first-order chi connectivity index (χ1) is 16.3. The van der Waals surface area contributed by atoms with Crippen molar-refractivity contribution in [2.45, 2.75) is 75.9 Å². The van der Waals surface area contributed by atoms with E-state index in [1.165, 1.54) is 5.56 Å². The lowest BCUT2D eigenvalue weighted by molar-refractivity contribution is -0.153. The number of benzene rings is 1. The Bertz CT molecular complexity index is 1040. The molecule has 1 amide bonds. The molecule has 5 rings (SSSR count). The van der Waals surface area contributed by atoms with Crippen molar-refractivity contribution < 1.29 is 33.7 Å². The second kappa shape index (κ2) is 8.53. The van der Waals surface area contributed by atoms with Crippen molar-refractivity contribution in [2.75, 3.05) is 6.79 Å². The van der Waals surface area contributed by atoms with Gasteiger partial charge in [0, 0.05) is 5.18 Å². The molecule has 1 saturated heterocycles. The number of nitroso groups, excluding NO2 is 1. The highest BCUT2D eigenvalue weighted by atomic mass is 16.7. The van der Waals surface area contributed by atoms with Gasteiger partial charge in [-0.25, -0.2) is 4.79 Å². The minimum Gasteiger partial charge on any atom is -0.436 e. The van der Waals surface area contributed by atoms with Gasteiger partial charge in [-0.15, -0.1) is 4.91 Å². The number of rotatable bonds is 5. The van der Waals surface area contributed by atoms with Crippen LogP contribution in [-0.4, -0.2) is 41.5 Å². The molecule has 9 nitrogen and oxygen atoms in total. The molecule has 1 N–H and O–H groups in total. The molecule has 1 aromatic carbocycles. The van der Waals surface area contributed by atoms with Crippen LogP contribution in [0.3, 0.4) is 0 Å². The van der Waals surface area contributed by atoms with Gasteiger partial charge in [-0.3, -0.25) is 9.59 Å². The van der Waals surface area contributed by atoms with Crippen LogP contribution in [0.2, 0.25) is 0 Å². The van der Waals surface area contributed by atoms with Crippen molar-refractivity contribution in [2.24, 2.45) is 22.4 Å². The molecule has 4 unspecified atom stereocenters. The van der Waals surface area contributed by atoms with Gasteiger partial charge >= 0.3 is 11.9 Å². The van der Waals surface area contributed by atoms with Crippen LogP contribution in [0.4, 0.5) is 0 Å². The first-order valence-electron chi connectivity index (χ1n) is 11.9. The third-order valence-electron chi connectivity index (χ3n) is 8.75. The maximum Gasteiger partial charge on any atom is 0.341 e. The van der Waals surface area contributed by atoms with Crippen LogP contribution in [0, 0.1) is 22.2 Å². The summed E-state index contributed by atoms with van der Waals surface area (Å²) in [6, 6.07) is 5.66. The van der Waals surface area contributed by atoms with Crippen molar-refractivity contribution in [3.63, 3.8) is 0 Å². The van der Waals surface area contributed by atoms with Gasteiger partial charge in [0.15, 0.2) is 12.4 Å². The molecule has 1 heterocycles. The molecule has 0 spiro atoms. The van der Waals surface area contributed by atoms with Gasteiger partial charge in [0.25, 0.3) is 5.91 Å². The number of fused-ring (bicyclic) bond motifs is 5. The lowest BCUT2D eigenvalue weighted by Gasteiger charge is -2.50. The Labute approximate surface area is 197 Å². The number of carbonyl (C=O) groups is 3. The SMILES string of the molecule is C[C@]12CCC3c4ccc(OC(=O)CC5(CC(=O)N=O)OCOC5=O)cc4CCC3C1CC[C@@H]2O. The third-order valence-corrected chi connectivity index (χ3v) is 8.75. The molecule has 34 heavy (non-hydrogen) atoms. The van der Waals surface area contributed by atoms with Gasteiger partial charge in [0.05, 0.1) is 18.9 Å². The fraction of sp³-hybridized carbons (Fsp3) is 0.640. The summed E-state index contributed by atoms with van der Waals surface area (Å²) in [4.78, 5) is 46.8. The van der Waals surface area contributed by atoms with Gasteiger partial charge in [0.2, 0.25) is 0 Å². The van der Waals surface area contributed by atoms with Gasteiger partial charge in [0.1, 0.15) is 5.75 Å². The Balaban J connectivity index is 1.29. The van der Waals surface area contributed by atoms with E-state index in [1.54, 1.807) is 6.07 Å². The molecule has 0 radical (unpaired) electrons. The Morgan fingerprint density at radius 1 is 1.21 bits per heavy atom. The quantitative estimate of drug-likeness (QED) is 0.394. The van der Waals surface area contributed by atoms with E-state index in [-0.39, 0.29) is 11.5 Å². The normalized spacial score (nSPS) is 36.1. The molecular weight excluding hydrogens is 442 g/mol. The number of carbonyl (C=O) groups excluding carboxylic acids is 3. The number of ether oxygens (including phenoxy) is 3. The maximum absolute atomic E-state index is 12.6. The lowest BCUT2D eigenvalue weighted by Crippen LogP contribution is -2.43. The van der Waals surface area contributed by atoms with Crippen LogP contribution in [0.25, 0.3) is 0 Å². The van der Waals surface area contributed by atoms with Crippen molar-refractivity contribution in [1.82, 2.24) is 0 Å². The largest absolute Gasteiger partial charge is 0.436 e. The maximum atomic E-state index is 12.6. The first-order valence-corrected chi connectivity index (χ1v) is 11.9. The van der Waals surface area contributed by atoms with E-state index in [2.05, 4.69) is 12.1 Å². The molecule has 182 valence electrons. The van der Waals surface area contributed by atoms with E-state index in [1.807, 2.05) is 12.1 Å². The van der Waals surface area contributed by atoms with E-state index in [4.69, 9.17) is 14.2 Å². The highest BCUT2D eigenvalue weighted by molar-refractivity contribution is 5.93. The summed E-state index contributed by atoms with van der Waals surface area (Å²) in [5.74, 6) is -0.847. The van der Waals surface area contributed by atoms with Crippen LogP contribution in [0.5, 0.6) is 5.75 Å².